The summed E-state index contributed by atoms with van der Waals surface area (Å²) in [6, 6.07) is 12.4. The van der Waals surface area contributed by atoms with Gasteiger partial charge in [-0.1, -0.05) is 36.4 Å². The Bertz CT molecular complexity index is 1080. The van der Waals surface area contributed by atoms with Gasteiger partial charge in [0, 0.05) is 11.8 Å². The molecule has 0 aliphatic rings. The summed E-state index contributed by atoms with van der Waals surface area (Å²) in [5.41, 5.74) is 4.88. The van der Waals surface area contributed by atoms with E-state index in [2.05, 4.69) is 15.3 Å². The molecule has 1 atom stereocenters. The van der Waals surface area contributed by atoms with E-state index in [1.54, 1.807) is 30.4 Å². The fourth-order valence-electron chi connectivity index (χ4n) is 3.24. The molecule has 160 valence electrons. The van der Waals surface area contributed by atoms with E-state index in [4.69, 9.17) is 0 Å². The van der Waals surface area contributed by atoms with Gasteiger partial charge in [0.15, 0.2) is 0 Å². The number of carbonyl (C=O) groups excluding carboxylic acids is 1. The van der Waals surface area contributed by atoms with Crippen LogP contribution >= 0.6 is 11.8 Å². The molecule has 1 aromatic heterocycles. The molecule has 0 bridgehead atoms. The molecule has 31 heavy (non-hydrogen) atoms. The molecule has 0 saturated carbocycles. The SMILES string of the molecule is CSCC[C@H](NC(=O)c1ccc(C=Cc2c[nH]cn2)cc1-c1ccccc1C)C(=O)O. The lowest BCUT2D eigenvalue weighted by Gasteiger charge is -2.17. The number of imidazole rings is 1. The molecule has 0 spiro atoms. The van der Waals surface area contributed by atoms with E-state index in [0.29, 0.717) is 17.7 Å². The molecule has 3 N–H and O–H groups in total. The van der Waals surface area contributed by atoms with Crippen molar-refractivity contribution in [2.45, 2.75) is 19.4 Å². The van der Waals surface area contributed by atoms with E-state index in [-0.39, 0.29) is 0 Å². The van der Waals surface area contributed by atoms with Crippen molar-refractivity contribution < 1.29 is 14.7 Å². The van der Waals surface area contributed by atoms with Crippen LogP contribution in [0.1, 0.15) is 33.6 Å². The first kappa shape index (κ1) is 22.4. The van der Waals surface area contributed by atoms with Gasteiger partial charge in [0.2, 0.25) is 0 Å². The highest BCUT2D eigenvalue weighted by molar-refractivity contribution is 7.98. The van der Waals surface area contributed by atoms with Crippen LogP contribution in [-0.2, 0) is 4.79 Å². The minimum atomic E-state index is -1.03. The first-order valence-electron chi connectivity index (χ1n) is 9.89. The Kier molecular flexibility index (Phi) is 7.67. The fourth-order valence-corrected chi connectivity index (χ4v) is 3.71. The average molecular weight is 436 g/mol. The maximum atomic E-state index is 13.1. The molecule has 2 aromatic carbocycles. The summed E-state index contributed by atoms with van der Waals surface area (Å²) < 4.78 is 0. The summed E-state index contributed by atoms with van der Waals surface area (Å²) in [6.45, 7) is 1.99. The number of aliphatic carboxylic acids is 1. The number of carboxylic acids is 1. The van der Waals surface area contributed by atoms with Gasteiger partial charge in [0.05, 0.1) is 12.0 Å². The average Bonchev–Trinajstić information content (AvgIpc) is 3.29. The molecule has 0 aliphatic carbocycles. The largest absolute Gasteiger partial charge is 0.480 e. The predicted octanol–water partition coefficient (Wildman–Crippen LogP) is 4.49. The van der Waals surface area contributed by atoms with Crippen molar-refractivity contribution >= 4 is 35.8 Å². The summed E-state index contributed by atoms with van der Waals surface area (Å²) in [6.07, 6.45) is 9.50. The lowest BCUT2D eigenvalue weighted by atomic mass is 9.93. The Morgan fingerprint density at radius 1 is 1.19 bits per heavy atom. The number of hydrogen-bond donors (Lipinski definition) is 3. The Hall–Kier alpha value is -3.32. The topological polar surface area (TPSA) is 95.1 Å². The van der Waals surface area contributed by atoms with Crippen molar-refractivity contribution in [1.29, 1.82) is 0 Å². The van der Waals surface area contributed by atoms with Crippen LogP contribution in [0.3, 0.4) is 0 Å². The number of nitrogens with one attached hydrogen (secondary N) is 2. The molecule has 1 amide bonds. The molecule has 0 unspecified atom stereocenters. The number of H-pyrrole nitrogens is 1. The molecule has 1 heterocycles. The van der Waals surface area contributed by atoms with Crippen molar-refractivity contribution in [1.82, 2.24) is 15.3 Å². The van der Waals surface area contributed by atoms with Gasteiger partial charge in [-0.15, -0.1) is 0 Å². The quantitative estimate of drug-likeness (QED) is 0.460. The summed E-state index contributed by atoms with van der Waals surface area (Å²) in [4.78, 5) is 31.8. The summed E-state index contributed by atoms with van der Waals surface area (Å²) in [7, 11) is 0. The van der Waals surface area contributed by atoms with E-state index >= 15 is 0 Å². The highest BCUT2D eigenvalue weighted by Crippen LogP contribution is 2.29. The lowest BCUT2D eigenvalue weighted by molar-refractivity contribution is -0.139. The van der Waals surface area contributed by atoms with Crippen molar-refractivity contribution in [3.05, 3.63) is 77.4 Å². The van der Waals surface area contributed by atoms with Gasteiger partial charge in [-0.2, -0.15) is 11.8 Å². The third kappa shape index (κ3) is 5.86. The van der Waals surface area contributed by atoms with Gasteiger partial charge in [0.1, 0.15) is 6.04 Å². The number of thioether (sulfide) groups is 1. The highest BCUT2D eigenvalue weighted by atomic mass is 32.2. The summed E-state index contributed by atoms with van der Waals surface area (Å²) >= 11 is 1.55. The van der Waals surface area contributed by atoms with Gasteiger partial charge in [-0.3, -0.25) is 4.79 Å². The molecule has 0 saturated heterocycles. The Labute approximate surface area is 185 Å². The zero-order valence-corrected chi connectivity index (χ0v) is 18.3. The lowest BCUT2D eigenvalue weighted by Crippen LogP contribution is -2.41. The van der Waals surface area contributed by atoms with Crippen LogP contribution in [0.5, 0.6) is 0 Å². The van der Waals surface area contributed by atoms with Crippen LogP contribution in [-0.4, -0.2) is 45.0 Å². The van der Waals surface area contributed by atoms with Crippen LogP contribution in [0.4, 0.5) is 0 Å². The van der Waals surface area contributed by atoms with Gasteiger partial charge in [0.25, 0.3) is 5.91 Å². The summed E-state index contributed by atoms with van der Waals surface area (Å²) in [5.74, 6) is -0.772. The normalized spacial score (nSPS) is 12.1. The number of aromatic amines is 1. The third-order valence-corrected chi connectivity index (χ3v) is 5.55. The number of carbonyl (C=O) groups is 2. The third-order valence-electron chi connectivity index (χ3n) is 4.90. The van der Waals surface area contributed by atoms with Crippen LogP contribution in [0, 0.1) is 6.92 Å². The van der Waals surface area contributed by atoms with Crippen LogP contribution in [0.25, 0.3) is 23.3 Å². The van der Waals surface area contributed by atoms with Crippen molar-refractivity contribution in [3.63, 3.8) is 0 Å². The van der Waals surface area contributed by atoms with Gasteiger partial charge < -0.3 is 15.4 Å². The Morgan fingerprint density at radius 2 is 2.00 bits per heavy atom. The molecule has 0 radical (unpaired) electrons. The highest BCUT2D eigenvalue weighted by Gasteiger charge is 2.22. The van der Waals surface area contributed by atoms with Crippen LogP contribution in [0.15, 0.2) is 55.0 Å². The minimum absolute atomic E-state index is 0.367. The smallest absolute Gasteiger partial charge is 0.326 e. The number of amides is 1. The monoisotopic (exact) mass is 435 g/mol. The van der Waals surface area contributed by atoms with Gasteiger partial charge in [-0.05, 0) is 65.8 Å². The standard InChI is InChI=1S/C24H25N3O3S/c1-16-5-3-4-6-19(16)21-13-17(7-9-18-14-25-15-26-18)8-10-20(21)23(28)27-22(24(29)30)11-12-31-2/h3-10,13-15,22H,11-12H2,1-2H3,(H,25,26)(H,27,28)(H,29,30)/t22-/m0/s1. The van der Waals surface area contributed by atoms with Crippen LogP contribution in [0.2, 0.25) is 0 Å². The number of nitrogens with zero attached hydrogens (tertiary/aromatic N) is 1. The van der Waals surface area contributed by atoms with Crippen LogP contribution < -0.4 is 5.32 Å². The number of hydrogen-bond acceptors (Lipinski definition) is 4. The maximum absolute atomic E-state index is 13.1. The van der Waals surface area contributed by atoms with Crippen molar-refractivity contribution in [2.24, 2.45) is 0 Å². The zero-order valence-electron chi connectivity index (χ0n) is 17.5. The molecule has 3 aromatic rings. The molecule has 0 aliphatic heterocycles. The van der Waals surface area contributed by atoms with E-state index in [9.17, 15) is 14.7 Å². The van der Waals surface area contributed by atoms with E-state index in [1.165, 1.54) is 0 Å². The first-order valence-corrected chi connectivity index (χ1v) is 11.3. The van der Waals surface area contributed by atoms with E-state index in [1.807, 2.05) is 61.7 Å². The number of aryl methyl sites for hydroxylation is 1. The van der Waals surface area contributed by atoms with Gasteiger partial charge >= 0.3 is 5.97 Å². The summed E-state index contributed by atoms with van der Waals surface area (Å²) in [5, 5.41) is 12.2. The van der Waals surface area contributed by atoms with E-state index in [0.717, 1.165) is 27.9 Å². The minimum Gasteiger partial charge on any atom is -0.480 e. The second kappa shape index (κ2) is 10.6. The molecule has 3 rings (SSSR count). The van der Waals surface area contributed by atoms with Crippen molar-refractivity contribution in [2.75, 3.05) is 12.0 Å². The molecular formula is C24H25N3O3S. The van der Waals surface area contributed by atoms with Gasteiger partial charge in [-0.25, -0.2) is 9.78 Å². The second-order valence-corrected chi connectivity index (χ2v) is 8.08. The Balaban J connectivity index is 1.97. The fraction of sp³-hybridized carbons (Fsp3) is 0.208. The van der Waals surface area contributed by atoms with Crippen molar-refractivity contribution in [3.8, 4) is 11.1 Å². The van der Waals surface area contributed by atoms with E-state index < -0.39 is 17.9 Å². The molecule has 6 nitrogen and oxygen atoms in total. The zero-order chi connectivity index (χ0) is 22.2. The molecule has 0 fully saturated rings. The number of aromatic nitrogens is 2. The second-order valence-electron chi connectivity index (χ2n) is 7.09. The maximum Gasteiger partial charge on any atom is 0.326 e. The number of benzene rings is 2. The number of carboxylic acid groups (broad SMARTS) is 1. The number of rotatable bonds is 9. The Morgan fingerprint density at radius 3 is 2.68 bits per heavy atom. The molecular weight excluding hydrogens is 410 g/mol. The first-order chi connectivity index (χ1) is 15.0. The predicted molar refractivity (Wildman–Crippen MR) is 126 cm³/mol. The molecule has 7 heteroatoms.